The molecule has 2 aromatic rings. The van der Waals surface area contributed by atoms with Gasteiger partial charge in [0.2, 0.25) is 0 Å². The molecule has 0 atom stereocenters. The minimum Gasteiger partial charge on any atom is -0.423 e. The van der Waals surface area contributed by atoms with Gasteiger partial charge in [0.15, 0.2) is 5.11 Å². The molecule has 1 saturated carbocycles. The lowest BCUT2D eigenvalue weighted by molar-refractivity contribution is 0.141. The van der Waals surface area contributed by atoms with Crippen molar-refractivity contribution in [3.63, 3.8) is 0 Å². The number of hydrogen-bond acceptors (Lipinski definition) is 3. The summed E-state index contributed by atoms with van der Waals surface area (Å²) in [6, 6.07) is 7.69. The van der Waals surface area contributed by atoms with Crippen molar-refractivity contribution < 1.29 is 4.42 Å². The Balaban J connectivity index is 1.59. The number of benzene rings is 1. The van der Waals surface area contributed by atoms with E-state index >= 15 is 0 Å². The van der Waals surface area contributed by atoms with Gasteiger partial charge in [-0.1, -0.05) is 27.2 Å². The van der Waals surface area contributed by atoms with E-state index in [0.29, 0.717) is 22.2 Å². The summed E-state index contributed by atoms with van der Waals surface area (Å²) in [6.45, 7) is 8.97. The Kier molecular flexibility index (Phi) is 5.89. The van der Waals surface area contributed by atoms with E-state index < -0.39 is 0 Å². The quantitative estimate of drug-likeness (QED) is 0.545. The number of aryl methyl sites for hydroxylation is 1. The molecule has 1 aliphatic carbocycles. The molecule has 5 heteroatoms. The maximum Gasteiger partial charge on any atom is 0.336 e. The molecule has 4 nitrogen and oxygen atoms in total. The van der Waals surface area contributed by atoms with Crippen LogP contribution in [0.15, 0.2) is 33.5 Å². The average Bonchev–Trinajstić information content (AvgIpc) is 2.61. The van der Waals surface area contributed by atoms with Crippen LogP contribution in [0, 0.1) is 18.3 Å². The lowest BCUT2D eigenvalue weighted by Gasteiger charge is -2.39. The molecule has 1 fully saturated rings. The Morgan fingerprint density at radius 1 is 1.22 bits per heavy atom. The molecule has 0 spiro atoms. The normalized spacial score (nSPS) is 20.4. The second kappa shape index (κ2) is 8.01. The van der Waals surface area contributed by atoms with Gasteiger partial charge in [0, 0.05) is 29.2 Å². The number of anilines is 1. The van der Waals surface area contributed by atoms with E-state index in [1.54, 1.807) is 0 Å². The zero-order valence-corrected chi connectivity index (χ0v) is 17.5. The second-order valence-corrected chi connectivity index (χ2v) is 8.86. The lowest BCUT2D eigenvalue weighted by atomic mass is 9.69. The Hall–Kier alpha value is -1.88. The average molecular weight is 387 g/mol. The summed E-state index contributed by atoms with van der Waals surface area (Å²) in [5.74, 6) is 0.800. The number of rotatable bonds is 4. The molecule has 0 aliphatic heterocycles. The van der Waals surface area contributed by atoms with Crippen molar-refractivity contribution >= 4 is 34.0 Å². The van der Waals surface area contributed by atoms with E-state index in [9.17, 15) is 4.79 Å². The van der Waals surface area contributed by atoms with Crippen LogP contribution in [-0.4, -0.2) is 11.2 Å². The molecule has 1 aromatic carbocycles. The van der Waals surface area contributed by atoms with Gasteiger partial charge >= 0.3 is 5.63 Å². The van der Waals surface area contributed by atoms with Gasteiger partial charge in [-0.25, -0.2) is 4.79 Å². The summed E-state index contributed by atoms with van der Waals surface area (Å²) in [4.78, 5) is 11.6. The van der Waals surface area contributed by atoms with Crippen LogP contribution >= 0.6 is 12.2 Å². The third-order valence-corrected chi connectivity index (χ3v) is 6.51. The fourth-order valence-electron chi connectivity index (χ4n) is 4.06. The molecule has 27 heavy (non-hydrogen) atoms. The molecule has 0 unspecified atom stereocenters. The highest BCUT2D eigenvalue weighted by molar-refractivity contribution is 7.80. The molecule has 1 aliphatic rings. The van der Waals surface area contributed by atoms with Crippen LogP contribution < -0.4 is 16.3 Å². The maximum atomic E-state index is 11.6. The van der Waals surface area contributed by atoms with E-state index in [4.69, 9.17) is 16.6 Å². The minimum atomic E-state index is -0.329. The number of thiocarbonyl (C=S) groups is 1. The summed E-state index contributed by atoms with van der Waals surface area (Å²) >= 11 is 5.50. The van der Waals surface area contributed by atoms with Gasteiger partial charge in [0.1, 0.15) is 5.58 Å². The van der Waals surface area contributed by atoms with Crippen LogP contribution in [0.4, 0.5) is 5.69 Å². The molecular weight excluding hydrogens is 356 g/mol. The predicted octanol–water partition coefficient (Wildman–Crippen LogP) is 5.38. The van der Waals surface area contributed by atoms with Gasteiger partial charge < -0.3 is 15.1 Å². The van der Waals surface area contributed by atoms with Crippen molar-refractivity contribution in [3.05, 3.63) is 40.2 Å². The zero-order chi connectivity index (χ0) is 19.6. The Morgan fingerprint density at radius 3 is 2.59 bits per heavy atom. The highest BCUT2D eigenvalue weighted by Crippen LogP contribution is 2.40. The SMILES string of the molecule is CCC(C)(C)C1CCC(NC(=S)Nc2ccc3c(C)cc(=O)oc3c2)CC1. The van der Waals surface area contributed by atoms with Crippen LogP contribution in [0.1, 0.15) is 58.4 Å². The topological polar surface area (TPSA) is 54.3 Å². The standard InChI is InChI=1S/C22H30N2O2S/c1-5-22(3,4)15-6-8-16(9-7-15)23-21(27)24-17-10-11-18-14(2)12-20(25)26-19(18)13-17/h10-13,15-16H,5-9H2,1-4H3,(H2,23,24,27). The van der Waals surface area contributed by atoms with Crippen LogP contribution in [0.5, 0.6) is 0 Å². The highest BCUT2D eigenvalue weighted by atomic mass is 32.1. The zero-order valence-electron chi connectivity index (χ0n) is 16.7. The number of nitrogens with one attached hydrogen (secondary N) is 2. The van der Waals surface area contributed by atoms with Gasteiger partial charge in [-0.3, -0.25) is 0 Å². The van der Waals surface area contributed by atoms with Crippen molar-refractivity contribution in [3.8, 4) is 0 Å². The molecular formula is C22H30N2O2S. The summed E-state index contributed by atoms with van der Waals surface area (Å²) in [6.07, 6.45) is 6.04. The fourth-order valence-corrected chi connectivity index (χ4v) is 4.35. The molecule has 1 heterocycles. The largest absolute Gasteiger partial charge is 0.423 e. The Labute approximate surface area is 166 Å². The minimum absolute atomic E-state index is 0.329. The summed E-state index contributed by atoms with van der Waals surface area (Å²) < 4.78 is 5.31. The first-order valence-electron chi connectivity index (χ1n) is 9.90. The van der Waals surface area contributed by atoms with Crippen molar-refractivity contribution in [2.24, 2.45) is 11.3 Å². The first kappa shape index (κ1) is 19.9. The predicted molar refractivity (Wildman–Crippen MR) is 116 cm³/mol. The molecule has 0 amide bonds. The molecule has 2 N–H and O–H groups in total. The summed E-state index contributed by atoms with van der Waals surface area (Å²) in [7, 11) is 0. The van der Waals surface area contributed by atoms with E-state index in [-0.39, 0.29) is 5.63 Å². The van der Waals surface area contributed by atoms with Crippen LogP contribution in [0.2, 0.25) is 0 Å². The summed E-state index contributed by atoms with van der Waals surface area (Å²) in [5, 5.41) is 8.26. The van der Waals surface area contributed by atoms with E-state index in [1.807, 2.05) is 25.1 Å². The molecule has 1 aromatic heterocycles. The van der Waals surface area contributed by atoms with Gasteiger partial charge in [0.25, 0.3) is 0 Å². The Morgan fingerprint density at radius 2 is 1.93 bits per heavy atom. The Bertz CT molecular complexity index is 880. The van der Waals surface area contributed by atoms with E-state index in [1.165, 1.54) is 25.3 Å². The van der Waals surface area contributed by atoms with E-state index in [0.717, 1.165) is 35.4 Å². The molecule has 0 radical (unpaired) electrons. The highest BCUT2D eigenvalue weighted by Gasteiger charge is 2.31. The van der Waals surface area contributed by atoms with Crippen LogP contribution in [0.3, 0.4) is 0 Å². The van der Waals surface area contributed by atoms with Gasteiger partial charge in [-0.15, -0.1) is 0 Å². The molecule has 146 valence electrons. The van der Waals surface area contributed by atoms with Crippen molar-refractivity contribution in [1.29, 1.82) is 0 Å². The van der Waals surface area contributed by atoms with Gasteiger partial charge in [-0.2, -0.15) is 0 Å². The molecule has 0 saturated heterocycles. The first-order valence-corrected chi connectivity index (χ1v) is 10.3. The fraction of sp³-hybridized carbons (Fsp3) is 0.545. The summed E-state index contributed by atoms with van der Waals surface area (Å²) in [5.41, 5.74) is 2.42. The van der Waals surface area contributed by atoms with Crippen molar-refractivity contribution in [2.45, 2.75) is 65.8 Å². The number of hydrogen-bond donors (Lipinski definition) is 2. The lowest BCUT2D eigenvalue weighted by Crippen LogP contribution is -2.41. The maximum absolute atomic E-state index is 11.6. The van der Waals surface area contributed by atoms with Crippen molar-refractivity contribution in [2.75, 3.05) is 5.32 Å². The molecule has 0 bridgehead atoms. The van der Waals surface area contributed by atoms with Gasteiger partial charge in [-0.05, 0) is 73.9 Å². The number of fused-ring (bicyclic) bond motifs is 1. The van der Waals surface area contributed by atoms with Crippen molar-refractivity contribution in [1.82, 2.24) is 5.32 Å². The smallest absolute Gasteiger partial charge is 0.336 e. The molecule has 3 rings (SSSR count). The van der Waals surface area contributed by atoms with Crippen LogP contribution in [-0.2, 0) is 0 Å². The first-order chi connectivity index (χ1) is 12.8. The van der Waals surface area contributed by atoms with Gasteiger partial charge in [0.05, 0.1) is 0 Å². The monoisotopic (exact) mass is 386 g/mol. The van der Waals surface area contributed by atoms with E-state index in [2.05, 4.69) is 31.4 Å². The third-order valence-electron chi connectivity index (χ3n) is 6.29. The van der Waals surface area contributed by atoms with Crippen LogP contribution in [0.25, 0.3) is 11.0 Å². The second-order valence-electron chi connectivity index (χ2n) is 8.45. The third kappa shape index (κ3) is 4.70.